The lowest BCUT2D eigenvalue weighted by Gasteiger charge is -2.08. The molecule has 0 spiro atoms. The van der Waals surface area contributed by atoms with Crippen molar-refractivity contribution in [1.29, 1.82) is 0 Å². The minimum Gasteiger partial charge on any atom is -0.293 e. The fraction of sp³-hybridized carbons (Fsp3) is 0.0833. The molecular weight excluding hydrogens is 346 g/mol. The number of aryl methyl sites for hydroxylation is 1. The van der Waals surface area contributed by atoms with Crippen LogP contribution in [-0.2, 0) is 6.42 Å². The van der Waals surface area contributed by atoms with Gasteiger partial charge in [-0.15, -0.1) is 0 Å². The second-order valence-electron chi connectivity index (χ2n) is 7.05. The van der Waals surface area contributed by atoms with Crippen LogP contribution in [0, 0.1) is 6.92 Å². The van der Waals surface area contributed by atoms with E-state index in [1.54, 1.807) is 10.6 Å². The number of fused-ring (bicyclic) bond motifs is 2. The number of hydrogen-bond donors (Lipinski definition) is 1. The maximum atomic E-state index is 12.6. The van der Waals surface area contributed by atoms with Gasteiger partial charge in [0.05, 0.1) is 0 Å². The van der Waals surface area contributed by atoms with Crippen molar-refractivity contribution in [3.8, 4) is 11.1 Å². The van der Waals surface area contributed by atoms with Crippen molar-refractivity contribution in [2.75, 3.05) is 0 Å². The van der Waals surface area contributed by atoms with Crippen LogP contribution < -0.4 is 5.56 Å². The zero-order valence-electron chi connectivity index (χ0n) is 15.5. The summed E-state index contributed by atoms with van der Waals surface area (Å²) >= 11 is 0. The lowest BCUT2D eigenvalue weighted by molar-refractivity contribution is 0.859. The minimum atomic E-state index is -0.0942. The number of H-pyrrole nitrogens is 1. The second kappa shape index (κ2) is 6.50. The summed E-state index contributed by atoms with van der Waals surface area (Å²) in [4.78, 5) is 17.3. The van der Waals surface area contributed by atoms with Crippen LogP contribution in [0.1, 0.15) is 17.0 Å². The van der Waals surface area contributed by atoms with Gasteiger partial charge >= 0.3 is 0 Å². The molecule has 5 aromatic rings. The molecule has 136 valence electrons. The molecule has 0 amide bonds. The largest absolute Gasteiger partial charge is 0.293 e. The highest BCUT2D eigenvalue weighted by molar-refractivity contribution is 6.00. The molecule has 3 aromatic carbocycles. The summed E-state index contributed by atoms with van der Waals surface area (Å²) < 4.78 is 1.56. The maximum Gasteiger partial charge on any atom is 0.272 e. The molecule has 0 aliphatic heterocycles. The van der Waals surface area contributed by atoms with E-state index in [1.165, 1.54) is 10.9 Å². The number of hydrogen-bond acceptors (Lipinski definition) is 2. The smallest absolute Gasteiger partial charge is 0.272 e. The van der Waals surface area contributed by atoms with Gasteiger partial charge in [0.1, 0.15) is 0 Å². The highest BCUT2D eigenvalue weighted by Gasteiger charge is 2.18. The van der Waals surface area contributed by atoms with Gasteiger partial charge in [-0.25, -0.2) is 9.50 Å². The van der Waals surface area contributed by atoms with E-state index in [0.717, 1.165) is 27.9 Å². The number of aromatic amines is 1. The minimum absolute atomic E-state index is 0.0942. The van der Waals surface area contributed by atoms with Gasteiger partial charge in [-0.3, -0.25) is 9.89 Å². The van der Waals surface area contributed by atoms with Crippen molar-refractivity contribution in [3.05, 3.63) is 106 Å². The summed E-state index contributed by atoms with van der Waals surface area (Å²) in [6, 6.07) is 26.4. The van der Waals surface area contributed by atoms with Gasteiger partial charge < -0.3 is 0 Å². The maximum absolute atomic E-state index is 12.6. The Kier molecular flexibility index (Phi) is 3.83. The van der Waals surface area contributed by atoms with Crippen LogP contribution in [0.15, 0.2) is 83.7 Å². The highest BCUT2D eigenvalue weighted by atomic mass is 16.1. The normalized spacial score (nSPS) is 11.3. The molecule has 28 heavy (non-hydrogen) atoms. The highest BCUT2D eigenvalue weighted by Crippen LogP contribution is 2.34. The first kappa shape index (κ1) is 16.5. The average molecular weight is 365 g/mol. The third-order valence-corrected chi connectivity index (χ3v) is 5.10. The van der Waals surface area contributed by atoms with Crippen LogP contribution in [-0.4, -0.2) is 14.6 Å². The topological polar surface area (TPSA) is 50.2 Å². The van der Waals surface area contributed by atoms with Gasteiger partial charge in [0.15, 0.2) is 5.65 Å². The summed E-state index contributed by atoms with van der Waals surface area (Å²) in [5.41, 5.74) is 5.53. The number of rotatable bonds is 3. The molecule has 0 bridgehead atoms. The van der Waals surface area contributed by atoms with Gasteiger partial charge in [0, 0.05) is 29.4 Å². The van der Waals surface area contributed by atoms with E-state index in [9.17, 15) is 4.79 Å². The number of aromatic nitrogens is 3. The van der Waals surface area contributed by atoms with E-state index in [0.29, 0.717) is 12.1 Å². The van der Waals surface area contributed by atoms with Crippen molar-refractivity contribution in [2.45, 2.75) is 13.3 Å². The molecule has 0 aliphatic rings. The zero-order valence-corrected chi connectivity index (χ0v) is 15.5. The average Bonchev–Trinajstić information content (AvgIpc) is 3.06. The first-order valence-corrected chi connectivity index (χ1v) is 9.34. The molecule has 0 saturated carbocycles. The van der Waals surface area contributed by atoms with Gasteiger partial charge in [0.25, 0.3) is 5.56 Å². The summed E-state index contributed by atoms with van der Waals surface area (Å²) in [6.45, 7) is 1.86. The van der Waals surface area contributed by atoms with Crippen LogP contribution in [0.3, 0.4) is 0 Å². The summed E-state index contributed by atoms with van der Waals surface area (Å²) in [6.07, 6.45) is 0.696. The monoisotopic (exact) mass is 365 g/mol. The van der Waals surface area contributed by atoms with E-state index in [-0.39, 0.29) is 5.56 Å². The fourth-order valence-corrected chi connectivity index (χ4v) is 3.85. The fourth-order valence-electron chi connectivity index (χ4n) is 3.85. The molecule has 2 heterocycles. The van der Waals surface area contributed by atoms with E-state index >= 15 is 0 Å². The Labute approximate surface area is 162 Å². The van der Waals surface area contributed by atoms with Gasteiger partial charge in [-0.05, 0) is 28.8 Å². The molecule has 4 nitrogen and oxygen atoms in total. The first-order valence-electron chi connectivity index (χ1n) is 9.34. The van der Waals surface area contributed by atoms with E-state index in [1.807, 2.05) is 37.3 Å². The molecule has 0 atom stereocenters. The Morgan fingerprint density at radius 1 is 0.929 bits per heavy atom. The Bertz CT molecular complexity index is 1360. The van der Waals surface area contributed by atoms with E-state index in [4.69, 9.17) is 4.98 Å². The van der Waals surface area contributed by atoms with Crippen molar-refractivity contribution >= 4 is 16.4 Å². The third-order valence-electron chi connectivity index (χ3n) is 5.10. The molecule has 0 aliphatic carbocycles. The number of nitrogens with one attached hydrogen (secondary N) is 1. The molecule has 0 unspecified atom stereocenters. The zero-order chi connectivity index (χ0) is 19.1. The lowest BCUT2D eigenvalue weighted by Crippen LogP contribution is -2.14. The van der Waals surface area contributed by atoms with Gasteiger partial charge in [-0.1, -0.05) is 72.8 Å². The van der Waals surface area contributed by atoms with E-state index < -0.39 is 0 Å². The summed E-state index contributed by atoms with van der Waals surface area (Å²) in [7, 11) is 0. The Morgan fingerprint density at radius 2 is 1.68 bits per heavy atom. The van der Waals surface area contributed by atoms with Crippen molar-refractivity contribution in [3.63, 3.8) is 0 Å². The van der Waals surface area contributed by atoms with Crippen LogP contribution in [0.4, 0.5) is 0 Å². The quantitative estimate of drug-likeness (QED) is 0.502. The Balaban J connectivity index is 1.85. The molecule has 0 fully saturated rings. The third kappa shape index (κ3) is 2.70. The molecule has 5 rings (SSSR count). The summed E-state index contributed by atoms with van der Waals surface area (Å²) in [5.74, 6) is 0. The standard InChI is InChI=1S/C24H19N3O/c1-16-14-22(28)27-24(25-16)23(21(26-27)15-17-8-3-2-4-9-17)20-13-7-11-18-10-5-6-12-19(18)20/h2-14,26H,15H2,1H3. The Hall–Kier alpha value is -3.66. The van der Waals surface area contributed by atoms with E-state index in [2.05, 4.69) is 47.6 Å². The van der Waals surface area contributed by atoms with Crippen LogP contribution in [0.5, 0.6) is 0 Å². The number of benzene rings is 3. The van der Waals surface area contributed by atoms with Crippen molar-refractivity contribution in [2.24, 2.45) is 0 Å². The number of nitrogens with zero attached hydrogens (tertiary/aromatic N) is 2. The van der Waals surface area contributed by atoms with Crippen LogP contribution in [0.25, 0.3) is 27.5 Å². The second-order valence-corrected chi connectivity index (χ2v) is 7.05. The molecule has 1 N–H and O–H groups in total. The lowest BCUT2D eigenvalue weighted by atomic mass is 9.96. The predicted molar refractivity (Wildman–Crippen MR) is 113 cm³/mol. The van der Waals surface area contributed by atoms with Crippen molar-refractivity contribution < 1.29 is 0 Å². The molecule has 4 heteroatoms. The molecule has 0 saturated heterocycles. The predicted octanol–water partition coefficient (Wildman–Crippen LogP) is 4.74. The molecule has 2 aromatic heterocycles. The summed E-state index contributed by atoms with van der Waals surface area (Å²) in [5, 5.41) is 5.63. The first-order chi connectivity index (χ1) is 13.7. The van der Waals surface area contributed by atoms with Gasteiger partial charge in [-0.2, -0.15) is 0 Å². The van der Waals surface area contributed by atoms with Crippen molar-refractivity contribution in [1.82, 2.24) is 14.6 Å². The molecular formula is C24H19N3O. The van der Waals surface area contributed by atoms with Crippen LogP contribution >= 0.6 is 0 Å². The molecule has 0 radical (unpaired) electrons. The Morgan fingerprint density at radius 3 is 2.54 bits per heavy atom. The SMILES string of the molecule is Cc1cc(=O)n2[nH]c(Cc3ccccc3)c(-c3cccc4ccccc34)c2n1. The van der Waals surface area contributed by atoms with Gasteiger partial charge in [0.2, 0.25) is 0 Å². The van der Waals surface area contributed by atoms with Crippen LogP contribution in [0.2, 0.25) is 0 Å².